The van der Waals surface area contributed by atoms with Crippen LogP contribution >= 0.6 is 24.0 Å². The van der Waals surface area contributed by atoms with Crippen molar-refractivity contribution in [3.63, 3.8) is 0 Å². The van der Waals surface area contributed by atoms with Gasteiger partial charge in [0, 0.05) is 38.8 Å². The van der Waals surface area contributed by atoms with E-state index in [0.29, 0.717) is 24.6 Å². The number of carbonyl (C=O) groups is 1. The maximum absolute atomic E-state index is 13.5. The molecule has 0 radical (unpaired) electrons. The molecule has 134 valence electrons. The predicted molar refractivity (Wildman–Crippen MR) is 103 cm³/mol. The Morgan fingerprint density at radius 1 is 1.46 bits per heavy atom. The molecule has 1 amide bonds. The van der Waals surface area contributed by atoms with Gasteiger partial charge in [-0.05, 0) is 31.9 Å². The predicted octanol–water partition coefficient (Wildman–Crippen LogP) is 1.91. The Kier molecular flexibility index (Phi) is 9.58. The van der Waals surface area contributed by atoms with Crippen molar-refractivity contribution < 1.29 is 9.18 Å². The first-order valence-electron chi connectivity index (χ1n) is 8.10. The summed E-state index contributed by atoms with van der Waals surface area (Å²) in [6, 6.07) is 2.94. The Balaban J connectivity index is 0.00000288. The third kappa shape index (κ3) is 6.58. The third-order valence-corrected chi connectivity index (χ3v) is 3.63. The summed E-state index contributed by atoms with van der Waals surface area (Å²) < 4.78 is 13.5. The fraction of sp³-hybridized carbons (Fsp3) is 0.562. The number of halogens is 2. The van der Waals surface area contributed by atoms with Crippen molar-refractivity contribution in [3.8, 4) is 0 Å². The third-order valence-electron chi connectivity index (χ3n) is 3.63. The lowest BCUT2D eigenvalue weighted by atomic mass is 10.3. The molecule has 2 N–H and O–H groups in total. The molecular weight excluding hydrogens is 424 g/mol. The van der Waals surface area contributed by atoms with E-state index in [1.54, 1.807) is 12.3 Å². The number of carbonyl (C=O) groups excluding carboxylic acids is 1. The van der Waals surface area contributed by atoms with Crippen LogP contribution in [-0.4, -0.2) is 47.9 Å². The van der Waals surface area contributed by atoms with Crippen LogP contribution in [0.5, 0.6) is 0 Å². The molecular formula is C16H25FIN5O. The number of pyridine rings is 1. The number of amides is 1. The second-order valence-electron chi connectivity index (χ2n) is 5.39. The van der Waals surface area contributed by atoms with Crippen LogP contribution in [0.3, 0.4) is 0 Å². The second-order valence-corrected chi connectivity index (χ2v) is 5.39. The molecule has 0 atom stereocenters. The Hall–Kier alpha value is -1.45. The highest BCUT2D eigenvalue weighted by molar-refractivity contribution is 14.0. The molecule has 0 aromatic carbocycles. The van der Waals surface area contributed by atoms with E-state index in [0.717, 1.165) is 32.5 Å². The summed E-state index contributed by atoms with van der Waals surface area (Å²) in [7, 11) is 0. The smallest absolute Gasteiger partial charge is 0.222 e. The normalized spacial score (nSPS) is 14.5. The molecule has 1 aromatic rings. The minimum absolute atomic E-state index is 0. The van der Waals surface area contributed by atoms with E-state index in [-0.39, 0.29) is 42.2 Å². The van der Waals surface area contributed by atoms with Gasteiger partial charge in [-0.2, -0.15) is 0 Å². The first-order valence-corrected chi connectivity index (χ1v) is 8.10. The number of nitrogens with one attached hydrogen (secondary N) is 2. The van der Waals surface area contributed by atoms with Crippen LogP contribution in [0.4, 0.5) is 4.39 Å². The fourth-order valence-corrected chi connectivity index (χ4v) is 2.45. The van der Waals surface area contributed by atoms with Gasteiger partial charge in [0.15, 0.2) is 5.96 Å². The molecule has 1 fully saturated rings. The van der Waals surface area contributed by atoms with Gasteiger partial charge in [0.2, 0.25) is 5.91 Å². The number of guanidine groups is 1. The maximum atomic E-state index is 13.5. The van der Waals surface area contributed by atoms with Crippen molar-refractivity contribution in [3.05, 3.63) is 29.8 Å². The molecule has 24 heavy (non-hydrogen) atoms. The quantitative estimate of drug-likeness (QED) is 0.289. The minimum Gasteiger partial charge on any atom is -0.357 e. The van der Waals surface area contributed by atoms with E-state index in [4.69, 9.17) is 0 Å². The van der Waals surface area contributed by atoms with Crippen molar-refractivity contribution in [2.45, 2.75) is 32.7 Å². The molecule has 8 heteroatoms. The zero-order valence-corrected chi connectivity index (χ0v) is 16.3. The van der Waals surface area contributed by atoms with E-state index in [1.165, 1.54) is 6.07 Å². The molecule has 6 nitrogen and oxygen atoms in total. The first-order chi connectivity index (χ1) is 11.2. The number of rotatable bonds is 7. The SMILES string of the molecule is CCNC(=NCc1ncccc1F)NCCCN1CCCC1=O.I. The highest BCUT2D eigenvalue weighted by Crippen LogP contribution is 2.09. The largest absolute Gasteiger partial charge is 0.357 e. The molecule has 1 saturated heterocycles. The van der Waals surface area contributed by atoms with Crippen molar-refractivity contribution in [1.29, 1.82) is 0 Å². The molecule has 1 aromatic heterocycles. The number of likely N-dealkylation sites (tertiary alicyclic amines) is 1. The van der Waals surface area contributed by atoms with Gasteiger partial charge in [-0.15, -0.1) is 24.0 Å². The van der Waals surface area contributed by atoms with Crippen LogP contribution in [-0.2, 0) is 11.3 Å². The van der Waals surface area contributed by atoms with Crippen molar-refractivity contribution in [2.24, 2.45) is 4.99 Å². The fourth-order valence-electron chi connectivity index (χ4n) is 2.45. The molecule has 0 bridgehead atoms. The van der Waals surface area contributed by atoms with Gasteiger partial charge in [-0.25, -0.2) is 9.38 Å². The highest BCUT2D eigenvalue weighted by atomic mass is 127. The highest BCUT2D eigenvalue weighted by Gasteiger charge is 2.18. The van der Waals surface area contributed by atoms with Gasteiger partial charge in [0.25, 0.3) is 0 Å². The van der Waals surface area contributed by atoms with Crippen LogP contribution in [0.1, 0.15) is 31.9 Å². The molecule has 0 unspecified atom stereocenters. The van der Waals surface area contributed by atoms with Crippen molar-refractivity contribution in [2.75, 3.05) is 26.2 Å². The Morgan fingerprint density at radius 3 is 2.96 bits per heavy atom. The van der Waals surface area contributed by atoms with Gasteiger partial charge in [0.05, 0.1) is 12.2 Å². The topological polar surface area (TPSA) is 69.6 Å². The summed E-state index contributed by atoms with van der Waals surface area (Å²) in [5, 5.41) is 6.32. The summed E-state index contributed by atoms with van der Waals surface area (Å²) in [4.78, 5) is 21.7. The van der Waals surface area contributed by atoms with E-state index < -0.39 is 0 Å². The lowest BCUT2D eigenvalue weighted by Crippen LogP contribution is -2.39. The summed E-state index contributed by atoms with van der Waals surface area (Å²) in [5.41, 5.74) is 0.326. The van der Waals surface area contributed by atoms with Crippen LogP contribution in [0.2, 0.25) is 0 Å². The Labute approximate surface area is 159 Å². The average Bonchev–Trinajstić information content (AvgIpc) is 2.95. The van der Waals surface area contributed by atoms with E-state index in [1.807, 2.05) is 11.8 Å². The number of aromatic nitrogens is 1. The zero-order chi connectivity index (χ0) is 16.5. The van der Waals surface area contributed by atoms with Gasteiger partial charge < -0.3 is 15.5 Å². The Bertz CT molecular complexity index is 555. The number of hydrogen-bond acceptors (Lipinski definition) is 3. The number of hydrogen-bond donors (Lipinski definition) is 2. The lowest BCUT2D eigenvalue weighted by molar-refractivity contribution is -0.127. The molecule has 0 saturated carbocycles. The van der Waals surface area contributed by atoms with Gasteiger partial charge in [-0.3, -0.25) is 9.78 Å². The Morgan fingerprint density at radius 2 is 2.29 bits per heavy atom. The molecule has 0 spiro atoms. The summed E-state index contributed by atoms with van der Waals surface area (Å²) >= 11 is 0. The molecule has 2 heterocycles. The van der Waals surface area contributed by atoms with Crippen LogP contribution in [0.15, 0.2) is 23.3 Å². The van der Waals surface area contributed by atoms with Crippen molar-refractivity contribution >= 4 is 35.8 Å². The zero-order valence-electron chi connectivity index (χ0n) is 13.9. The summed E-state index contributed by atoms with van der Waals surface area (Å²) in [6.07, 6.45) is 4.05. The molecule has 0 aliphatic carbocycles. The monoisotopic (exact) mass is 449 g/mol. The summed E-state index contributed by atoms with van der Waals surface area (Å²) in [5.74, 6) is 0.529. The van der Waals surface area contributed by atoms with Gasteiger partial charge in [-0.1, -0.05) is 0 Å². The summed E-state index contributed by atoms with van der Waals surface area (Å²) in [6.45, 7) is 5.22. The van der Waals surface area contributed by atoms with E-state index in [9.17, 15) is 9.18 Å². The lowest BCUT2D eigenvalue weighted by Gasteiger charge is -2.16. The standard InChI is InChI=1S/C16H24FN5O.HI/c1-2-18-16(21-12-14-13(17)6-3-8-19-14)20-9-5-11-22-10-4-7-15(22)23;/h3,6,8H,2,4-5,7,9-12H2,1H3,(H2,18,20,21);1H. The van der Waals surface area contributed by atoms with Crippen LogP contribution < -0.4 is 10.6 Å². The van der Waals surface area contributed by atoms with E-state index >= 15 is 0 Å². The number of aliphatic imine (C=N–C) groups is 1. The van der Waals surface area contributed by atoms with Gasteiger partial charge >= 0.3 is 0 Å². The van der Waals surface area contributed by atoms with Crippen LogP contribution in [0, 0.1) is 5.82 Å². The van der Waals surface area contributed by atoms with Gasteiger partial charge in [0.1, 0.15) is 5.82 Å². The average molecular weight is 449 g/mol. The molecule has 1 aliphatic heterocycles. The van der Waals surface area contributed by atoms with Crippen LogP contribution in [0.25, 0.3) is 0 Å². The molecule has 2 rings (SSSR count). The van der Waals surface area contributed by atoms with E-state index in [2.05, 4.69) is 20.6 Å². The minimum atomic E-state index is -0.348. The first kappa shape index (κ1) is 20.6. The molecule has 1 aliphatic rings. The maximum Gasteiger partial charge on any atom is 0.222 e. The van der Waals surface area contributed by atoms with Crippen molar-refractivity contribution in [1.82, 2.24) is 20.5 Å². The second kappa shape index (κ2) is 11.2. The number of nitrogens with zero attached hydrogens (tertiary/aromatic N) is 3.